The molecule has 1 amide bonds. The lowest BCUT2D eigenvalue weighted by molar-refractivity contribution is -0.119. The molecule has 0 spiro atoms. The molecule has 2 heterocycles. The van der Waals surface area contributed by atoms with Gasteiger partial charge >= 0.3 is 0 Å². The number of pyridine rings is 1. The minimum absolute atomic E-state index is 0.00240. The number of rotatable bonds is 2. The molecule has 1 aromatic heterocycles. The quantitative estimate of drug-likeness (QED) is 0.741. The summed E-state index contributed by atoms with van der Waals surface area (Å²) in [6.07, 6.45) is 2.14. The van der Waals surface area contributed by atoms with Gasteiger partial charge in [-0.05, 0) is 44.4 Å². The Morgan fingerprint density at radius 1 is 1.56 bits per heavy atom. The highest BCUT2D eigenvalue weighted by molar-refractivity contribution is 5.95. The highest BCUT2D eigenvalue weighted by Gasteiger charge is 2.27. The fourth-order valence-corrected chi connectivity index (χ4v) is 2.24. The van der Waals surface area contributed by atoms with Gasteiger partial charge in [0.25, 0.3) is 0 Å². The fraction of sp³-hybridized carbons (Fsp3) is 0.538. The number of nitrogens with zero attached hydrogens (tertiary/aromatic N) is 1. The van der Waals surface area contributed by atoms with Gasteiger partial charge < -0.3 is 15.7 Å². The van der Waals surface area contributed by atoms with Crippen LogP contribution in [-0.2, 0) is 4.79 Å². The first-order valence-electron chi connectivity index (χ1n) is 6.29. The van der Waals surface area contributed by atoms with E-state index in [0.29, 0.717) is 5.92 Å². The molecular formula is C13H19N3O2. The van der Waals surface area contributed by atoms with Crippen LogP contribution < -0.4 is 10.6 Å². The van der Waals surface area contributed by atoms with E-state index in [4.69, 9.17) is 0 Å². The number of nitrogens with one attached hydrogen (secondary N) is 2. The standard InChI is InChI=1S/C13H19N3O2/c1-8-4-3-7-14-11(8)13(18)16-12-10(17)6-5-9(2)15-12/h5-6,8,11,14,17H,3-4,7H2,1-2H3,(H,15,16,18). The summed E-state index contributed by atoms with van der Waals surface area (Å²) in [4.78, 5) is 16.2. The molecule has 1 aliphatic rings. The van der Waals surface area contributed by atoms with Gasteiger partial charge in [-0.1, -0.05) is 6.92 Å². The van der Waals surface area contributed by atoms with Gasteiger partial charge in [0.1, 0.15) is 0 Å². The van der Waals surface area contributed by atoms with E-state index in [1.54, 1.807) is 6.07 Å². The number of aromatic nitrogens is 1. The maximum Gasteiger partial charge on any atom is 0.243 e. The van der Waals surface area contributed by atoms with Gasteiger partial charge in [-0.2, -0.15) is 0 Å². The van der Waals surface area contributed by atoms with Crippen molar-refractivity contribution >= 4 is 11.7 Å². The molecule has 1 saturated heterocycles. The lowest BCUT2D eigenvalue weighted by Crippen LogP contribution is -2.48. The predicted octanol–water partition coefficient (Wildman–Crippen LogP) is 1.42. The van der Waals surface area contributed by atoms with E-state index in [9.17, 15) is 9.90 Å². The summed E-state index contributed by atoms with van der Waals surface area (Å²) in [5.74, 6) is 0.401. The summed E-state index contributed by atoms with van der Waals surface area (Å²) in [5, 5.41) is 15.5. The summed E-state index contributed by atoms with van der Waals surface area (Å²) in [6, 6.07) is 3.03. The highest BCUT2D eigenvalue weighted by Crippen LogP contribution is 2.22. The van der Waals surface area contributed by atoms with Crippen LogP contribution in [0.4, 0.5) is 5.82 Å². The van der Waals surface area contributed by atoms with E-state index in [1.165, 1.54) is 6.07 Å². The molecule has 2 rings (SSSR count). The topological polar surface area (TPSA) is 74.2 Å². The average Bonchev–Trinajstić information content (AvgIpc) is 2.34. The van der Waals surface area contributed by atoms with Crippen molar-refractivity contribution in [1.29, 1.82) is 0 Å². The van der Waals surface area contributed by atoms with Crippen LogP contribution >= 0.6 is 0 Å². The number of carbonyl (C=O) groups excluding carboxylic acids is 1. The van der Waals surface area contributed by atoms with Crippen LogP contribution in [0, 0.1) is 12.8 Å². The number of anilines is 1. The number of piperidine rings is 1. The minimum atomic E-state index is -0.208. The Morgan fingerprint density at radius 3 is 3.06 bits per heavy atom. The third-order valence-electron chi connectivity index (χ3n) is 3.31. The summed E-state index contributed by atoms with van der Waals surface area (Å²) in [7, 11) is 0. The van der Waals surface area contributed by atoms with Gasteiger partial charge in [-0.15, -0.1) is 0 Å². The lowest BCUT2D eigenvalue weighted by Gasteiger charge is -2.28. The van der Waals surface area contributed by atoms with Crippen molar-refractivity contribution in [3.8, 4) is 5.75 Å². The van der Waals surface area contributed by atoms with Gasteiger partial charge in [0.15, 0.2) is 11.6 Å². The van der Waals surface area contributed by atoms with Crippen LogP contribution in [0.2, 0.25) is 0 Å². The molecule has 98 valence electrons. The summed E-state index contributed by atoms with van der Waals surface area (Å²) >= 11 is 0. The van der Waals surface area contributed by atoms with Crippen molar-refractivity contribution in [2.24, 2.45) is 5.92 Å². The number of hydrogen-bond donors (Lipinski definition) is 3. The van der Waals surface area contributed by atoms with Crippen LogP contribution in [-0.4, -0.2) is 28.6 Å². The van der Waals surface area contributed by atoms with E-state index < -0.39 is 0 Å². The minimum Gasteiger partial charge on any atom is -0.504 e. The number of aromatic hydroxyl groups is 1. The fourth-order valence-electron chi connectivity index (χ4n) is 2.24. The normalized spacial score (nSPS) is 23.7. The van der Waals surface area contributed by atoms with Crippen LogP contribution in [0.5, 0.6) is 5.75 Å². The van der Waals surface area contributed by atoms with Gasteiger partial charge in [0.2, 0.25) is 5.91 Å². The maximum atomic E-state index is 12.1. The van der Waals surface area contributed by atoms with Crippen LogP contribution in [0.25, 0.3) is 0 Å². The van der Waals surface area contributed by atoms with Crippen molar-refractivity contribution in [2.75, 3.05) is 11.9 Å². The molecule has 1 aliphatic heterocycles. The van der Waals surface area contributed by atoms with Gasteiger partial charge in [-0.25, -0.2) is 4.98 Å². The monoisotopic (exact) mass is 249 g/mol. The zero-order valence-electron chi connectivity index (χ0n) is 10.7. The van der Waals surface area contributed by atoms with Crippen LogP contribution in [0.1, 0.15) is 25.5 Å². The Bertz CT molecular complexity index is 448. The van der Waals surface area contributed by atoms with Crippen molar-refractivity contribution < 1.29 is 9.90 Å². The first-order valence-corrected chi connectivity index (χ1v) is 6.29. The van der Waals surface area contributed by atoms with Gasteiger partial charge in [0, 0.05) is 5.69 Å². The third kappa shape index (κ3) is 2.79. The first-order chi connectivity index (χ1) is 8.58. The molecule has 2 atom stereocenters. The largest absolute Gasteiger partial charge is 0.504 e. The van der Waals surface area contributed by atoms with Crippen LogP contribution in [0.3, 0.4) is 0 Å². The Hall–Kier alpha value is -1.62. The average molecular weight is 249 g/mol. The summed E-state index contributed by atoms with van der Waals surface area (Å²) < 4.78 is 0. The Morgan fingerprint density at radius 2 is 2.33 bits per heavy atom. The second-order valence-electron chi connectivity index (χ2n) is 4.86. The molecule has 1 aromatic rings. The third-order valence-corrected chi connectivity index (χ3v) is 3.31. The second-order valence-corrected chi connectivity index (χ2v) is 4.86. The van der Waals surface area contributed by atoms with Gasteiger partial charge in [-0.3, -0.25) is 4.79 Å². The zero-order valence-corrected chi connectivity index (χ0v) is 10.7. The molecule has 5 nitrogen and oxygen atoms in total. The lowest BCUT2D eigenvalue weighted by atomic mass is 9.92. The number of hydrogen-bond acceptors (Lipinski definition) is 4. The van der Waals surface area contributed by atoms with E-state index in [0.717, 1.165) is 25.1 Å². The second kappa shape index (κ2) is 5.35. The summed E-state index contributed by atoms with van der Waals surface area (Å²) in [5.41, 5.74) is 0.757. The van der Waals surface area contributed by atoms with Crippen molar-refractivity contribution in [3.63, 3.8) is 0 Å². The molecule has 0 radical (unpaired) electrons. The number of carbonyl (C=O) groups is 1. The molecular weight excluding hydrogens is 230 g/mol. The van der Waals surface area contributed by atoms with Crippen LogP contribution in [0.15, 0.2) is 12.1 Å². The number of aryl methyl sites for hydroxylation is 1. The SMILES string of the molecule is Cc1ccc(O)c(NC(=O)C2NCCCC2C)n1. The molecule has 1 fully saturated rings. The van der Waals surface area contributed by atoms with Gasteiger partial charge in [0.05, 0.1) is 6.04 Å². The zero-order chi connectivity index (χ0) is 13.1. The molecule has 0 aromatic carbocycles. The van der Waals surface area contributed by atoms with E-state index in [1.807, 2.05) is 6.92 Å². The Balaban J connectivity index is 2.08. The predicted molar refractivity (Wildman–Crippen MR) is 69.5 cm³/mol. The van der Waals surface area contributed by atoms with E-state index in [2.05, 4.69) is 22.5 Å². The van der Waals surface area contributed by atoms with Crippen molar-refractivity contribution in [3.05, 3.63) is 17.8 Å². The highest BCUT2D eigenvalue weighted by atomic mass is 16.3. The molecule has 3 N–H and O–H groups in total. The molecule has 0 saturated carbocycles. The van der Waals surface area contributed by atoms with Crippen molar-refractivity contribution in [2.45, 2.75) is 32.7 Å². The maximum absolute atomic E-state index is 12.1. The van der Waals surface area contributed by atoms with E-state index in [-0.39, 0.29) is 23.5 Å². The smallest absolute Gasteiger partial charge is 0.243 e. The Labute approximate surface area is 107 Å². The molecule has 0 bridgehead atoms. The van der Waals surface area contributed by atoms with E-state index >= 15 is 0 Å². The first kappa shape index (κ1) is 12.8. The molecule has 5 heteroatoms. The Kier molecular flexibility index (Phi) is 3.81. The molecule has 0 aliphatic carbocycles. The summed E-state index contributed by atoms with van der Waals surface area (Å²) in [6.45, 7) is 4.73. The molecule has 18 heavy (non-hydrogen) atoms. The van der Waals surface area contributed by atoms with Crippen molar-refractivity contribution in [1.82, 2.24) is 10.3 Å². The molecule has 2 unspecified atom stereocenters. The number of amides is 1.